The summed E-state index contributed by atoms with van der Waals surface area (Å²) >= 11 is 0. The summed E-state index contributed by atoms with van der Waals surface area (Å²) in [7, 11) is -5.93. The molecule has 0 radical (unpaired) electrons. The Bertz CT molecular complexity index is 1250. The molecule has 9 nitrogen and oxygen atoms in total. The Kier molecular flexibility index (Phi) is 7.27. The lowest BCUT2D eigenvalue weighted by Gasteiger charge is -2.26. The summed E-state index contributed by atoms with van der Waals surface area (Å²) in [6.45, 7) is 1.92. The van der Waals surface area contributed by atoms with Crippen molar-refractivity contribution in [3.05, 3.63) is 48.0 Å². The van der Waals surface area contributed by atoms with Crippen LogP contribution in [-0.4, -0.2) is 64.6 Å². The zero-order valence-electron chi connectivity index (χ0n) is 19.1. The number of carbonyl (C=O) groups excluding carboxylic acids is 1. The lowest BCUT2D eigenvalue weighted by molar-refractivity contribution is 0.102. The molecule has 2 aromatic rings. The van der Waals surface area contributed by atoms with Gasteiger partial charge in [0.2, 0.25) is 20.0 Å². The molecule has 2 saturated heterocycles. The van der Waals surface area contributed by atoms with Gasteiger partial charge in [0.15, 0.2) is 0 Å². The third-order valence-corrected chi connectivity index (χ3v) is 10.0. The minimum Gasteiger partial charge on any atom is -0.495 e. The maximum atomic E-state index is 13.2. The second kappa shape index (κ2) is 10.0. The first-order valence-corrected chi connectivity index (χ1v) is 14.2. The fourth-order valence-corrected chi connectivity index (χ4v) is 7.48. The topological polar surface area (TPSA) is 113 Å². The number of carbonyl (C=O) groups is 1. The number of sulfonamides is 2. The first-order valence-electron chi connectivity index (χ1n) is 11.3. The van der Waals surface area contributed by atoms with Gasteiger partial charge >= 0.3 is 0 Å². The molecule has 34 heavy (non-hydrogen) atoms. The van der Waals surface area contributed by atoms with Crippen molar-refractivity contribution < 1.29 is 26.4 Å². The summed E-state index contributed by atoms with van der Waals surface area (Å²) in [5.74, 6) is -0.267. The number of hydrogen-bond donors (Lipinski definition) is 1. The fraction of sp³-hybridized carbons (Fsp3) is 0.435. The van der Waals surface area contributed by atoms with Gasteiger partial charge in [-0.05, 0) is 68.1 Å². The number of anilines is 1. The summed E-state index contributed by atoms with van der Waals surface area (Å²) in [5, 5.41) is 2.70. The first-order chi connectivity index (χ1) is 16.2. The van der Waals surface area contributed by atoms with Crippen LogP contribution >= 0.6 is 0 Å². The molecule has 0 aliphatic carbocycles. The van der Waals surface area contributed by atoms with Crippen LogP contribution in [0.15, 0.2) is 52.3 Å². The van der Waals surface area contributed by atoms with E-state index in [1.807, 2.05) is 0 Å². The number of amides is 1. The number of nitrogens with one attached hydrogen (secondary N) is 1. The van der Waals surface area contributed by atoms with Crippen molar-refractivity contribution in [3.8, 4) is 5.75 Å². The van der Waals surface area contributed by atoms with Gasteiger partial charge in [-0.1, -0.05) is 6.42 Å². The van der Waals surface area contributed by atoms with E-state index in [1.54, 1.807) is 6.07 Å². The molecule has 2 aliphatic rings. The van der Waals surface area contributed by atoms with Crippen molar-refractivity contribution in [2.24, 2.45) is 0 Å². The van der Waals surface area contributed by atoms with Gasteiger partial charge in [-0.15, -0.1) is 0 Å². The second-order valence-corrected chi connectivity index (χ2v) is 12.3. The lowest BCUT2D eigenvalue weighted by Crippen LogP contribution is -2.35. The number of piperidine rings is 1. The largest absolute Gasteiger partial charge is 0.495 e. The van der Waals surface area contributed by atoms with Gasteiger partial charge in [0.25, 0.3) is 5.91 Å². The molecule has 2 aliphatic heterocycles. The Morgan fingerprint density at radius 1 is 0.794 bits per heavy atom. The fourth-order valence-electron chi connectivity index (χ4n) is 4.26. The quantitative estimate of drug-likeness (QED) is 0.617. The van der Waals surface area contributed by atoms with E-state index in [9.17, 15) is 21.6 Å². The Labute approximate surface area is 200 Å². The number of rotatable bonds is 7. The molecule has 4 rings (SSSR count). The number of hydrogen-bond acceptors (Lipinski definition) is 6. The van der Waals surface area contributed by atoms with Crippen LogP contribution in [0.4, 0.5) is 5.69 Å². The highest BCUT2D eigenvalue weighted by Crippen LogP contribution is 2.31. The molecule has 11 heteroatoms. The normalized spacial score (nSPS) is 18.0. The average molecular weight is 508 g/mol. The van der Waals surface area contributed by atoms with Gasteiger partial charge in [-0.2, -0.15) is 8.61 Å². The number of benzene rings is 2. The van der Waals surface area contributed by atoms with Crippen LogP contribution in [0, 0.1) is 0 Å². The minimum absolute atomic E-state index is 0.00162. The Hall–Kier alpha value is -2.47. The van der Waals surface area contributed by atoms with Crippen LogP contribution in [-0.2, 0) is 20.0 Å². The molecule has 0 unspecified atom stereocenters. The first kappa shape index (κ1) is 24.6. The van der Waals surface area contributed by atoms with Gasteiger partial charge in [0, 0.05) is 37.4 Å². The van der Waals surface area contributed by atoms with Crippen LogP contribution < -0.4 is 10.1 Å². The smallest absolute Gasteiger partial charge is 0.255 e. The molecule has 0 bridgehead atoms. The zero-order valence-corrected chi connectivity index (χ0v) is 20.7. The van der Waals surface area contributed by atoms with E-state index in [4.69, 9.17) is 4.74 Å². The highest BCUT2D eigenvalue weighted by molar-refractivity contribution is 7.89. The molecule has 0 spiro atoms. The third kappa shape index (κ3) is 4.97. The summed E-state index contributed by atoms with van der Waals surface area (Å²) in [6.07, 6.45) is 4.30. The average Bonchev–Trinajstić information content (AvgIpc) is 3.41. The van der Waals surface area contributed by atoms with Crippen LogP contribution in [0.3, 0.4) is 0 Å². The van der Waals surface area contributed by atoms with Crippen LogP contribution in [0.2, 0.25) is 0 Å². The molecule has 2 aromatic carbocycles. The van der Waals surface area contributed by atoms with E-state index in [-0.39, 0.29) is 21.1 Å². The van der Waals surface area contributed by atoms with Crippen molar-refractivity contribution in [2.45, 2.75) is 41.9 Å². The Morgan fingerprint density at radius 3 is 1.94 bits per heavy atom. The van der Waals surface area contributed by atoms with Gasteiger partial charge in [0.1, 0.15) is 10.6 Å². The summed E-state index contributed by atoms with van der Waals surface area (Å²) in [5.41, 5.74) is 0.562. The highest BCUT2D eigenvalue weighted by Gasteiger charge is 2.30. The maximum absolute atomic E-state index is 13.2. The predicted octanol–water partition coefficient (Wildman–Crippen LogP) is 2.91. The molecular formula is C23H29N3O6S2. The van der Waals surface area contributed by atoms with Gasteiger partial charge in [0.05, 0.1) is 12.0 Å². The summed E-state index contributed by atoms with van der Waals surface area (Å²) in [6, 6.07) is 10.2. The molecule has 0 saturated carbocycles. The van der Waals surface area contributed by atoms with E-state index in [0.29, 0.717) is 31.9 Å². The summed E-state index contributed by atoms with van der Waals surface area (Å²) < 4.78 is 59.9. The Balaban J connectivity index is 1.53. The third-order valence-electron chi connectivity index (χ3n) is 6.17. The van der Waals surface area contributed by atoms with Crippen molar-refractivity contribution >= 4 is 31.6 Å². The van der Waals surface area contributed by atoms with E-state index < -0.39 is 26.0 Å². The van der Waals surface area contributed by atoms with E-state index in [0.717, 1.165) is 32.1 Å². The van der Waals surface area contributed by atoms with Crippen molar-refractivity contribution in [3.63, 3.8) is 0 Å². The second-order valence-electron chi connectivity index (χ2n) is 8.42. The monoisotopic (exact) mass is 507 g/mol. The molecule has 2 fully saturated rings. The van der Waals surface area contributed by atoms with E-state index >= 15 is 0 Å². The van der Waals surface area contributed by atoms with Crippen LogP contribution in [0.25, 0.3) is 0 Å². The van der Waals surface area contributed by atoms with Crippen LogP contribution in [0.1, 0.15) is 42.5 Å². The lowest BCUT2D eigenvalue weighted by atomic mass is 10.2. The maximum Gasteiger partial charge on any atom is 0.255 e. The van der Waals surface area contributed by atoms with Crippen molar-refractivity contribution in [2.75, 3.05) is 38.6 Å². The SMILES string of the molecule is COc1ccc(NC(=O)c2ccc(S(=O)(=O)N3CCCC3)cc2)cc1S(=O)(=O)N1CCCCC1. The van der Waals surface area contributed by atoms with Gasteiger partial charge in [-0.25, -0.2) is 16.8 Å². The molecule has 2 heterocycles. The van der Waals surface area contributed by atoms with E-state index in [1.165, 1.54) is 52.1 Å². The molecular weight excluding hydrogens is 478 g/mol. The molecule has 0 atom stereocenters. The van der Waals surface area contributed by atoms with E-state index in [2.05, 4.69) is 5.32 Å². The Morgan fingerprint density at radius 2 is 1.35 bits per heavy atom. The highest BCUT2D eigenvalue weighted by atomic mass is 32.2. The molecule has 184 valence electrons. The standard InChI is InChI=1S/C23H29N3O6S2/c1-32-21-12-9-19(17-22(21)34(30,31)26-13-3-2-4-14-26)24-23(27)18-7-10-20(11-8-18)33(28,29)25-15-5-6-16-25/h7-12,17H,2-6,13-16H2,1H3,(H,24,27). The zero-order chi connectivity index (χ0) is 24.3. The van der Waals surface area contributed by atoms with Crippen LogP contribution in [0.5, 0.6) is 5.75 Å². The predicted molar refractivity (Wildman–Crippen MR) is 128 cm³/mol. The molecule has 1 amide bonds. The van der Waals surface area contributed by atoms with Gasteiger partial charge in [-0.3, -0.25) is 4.79 Å². The minimum atomic E-state index is -3.77. The number of nitrogens with zero attached hydrogens (tertiary/aromatic N) is 2. The van der Waals surface area contributed by atoms with Crippen molar-refractivity contribution in [1.82, 2.24) is 8.61 Å². The molecule has 0 aromatic heterocycles. The number of ether oxygens (including phenoxy) is 1. The molecule has 1 N–H and O–H groups in total. The number of methoxy groups -OCH3 is 1. The van der Waals surface area contributed by atoms with Gasteiger partial charge < -0.3 is 10.1 Å². The van der Waals surface area contributed by atoms with Crippen molar-refractivity contribution in [1.29, 1.82) is 0 Å². The summed E-state index contributed by atoms with van der Waals surface area (Å²) in [4.78, 5) is 12.9.